The third kappa shape index (κ3) is 3.85. The predicted octanol–water partition coefficient (Wildman–Crippen LogP) is 2.82. The summed E-state index contributed by atoms with van der Waals surface area (Å²) in [6, 6.07) is 2.10. The third-order valence-corrected chi connectivity index (χ3v) is 3.74. The number of carbonyl (C=O) groups excluding carboxylic acids is 1. The SMILES string of the molecule is Cc1ccc2c(CC(=O)NC(CC(F)F)C(=O)O)coc2c1C. The number of furan rings is 1. The van der Waals surface area contributed by atoms with Gasteiger partial charge < -0.3 is 14.8 Å². The first kappa shape index (κ1) is 16.9. The molecule has 7 heteroatoms. The fourth-order valence-corrected chi connectivity index (χ4v) is 2.34. The van der Waals surface area contributed by atoms with Crippen LogP contribution in [0.25, 0.3) is 11.0 Å². The normalized spacial score (nSPS) is 12.6. The van der Waals surface area contributed by atoms with Gasteiger partial charge in [0.2, 0.25) is 12.3 Å². The molecule has 1 amide bonds. The molecule has 0 radical (unpaired) electrons. The average Bonchev–Trinajstić information content (AvgIpc) is 2.85. The van der Waals surface area contributed by atoms with Gasteiger partial charge in [0.25, 0.3) is 0 Å². The van der Waals surface area contributed by atoms with Crippen LogP contribution in [0.1, 0.15) is 23.1 Å². The molecule has 2 aromatic rings. The summed E-state index contributed by atoms with van der Waals surface area (Å²) in [4.78, 5) is 22.8. The minimum absolute atomic E-state index is 0.136. The zero-order chi connectivity index (χ0) is 17.1. The Labute approximate surface area is 131 Å². The van der Waals surface area contributed by atoms with Crippen LogP contribution < -0.4 is 5.32 Å². The molecule has 0 aliphatic heterocycles. The molecule has 0 aliphatic rings. The van der Waals surface area contributed by atoms with Crippen molar-refractivity contribution in [1.82, 2.24) is 5.32 Å². The molecule has 1 aromatic heterocycles. The minimum Gasteiger partial charge on any atom is -0.480 e. The van der Waals surface area contributed by atoms with E-state index >= 15 is 0 Å². The smallest absolute Gasteiger partial charge is 0.326 e. The van der Waals surface area contributed by atoms with Crippen molar-refractivity contribution in [3.8, 4) is 0 Å². The van der Waals surface area contributed by atoms with Gasteiger partial charge in [0.05, 0.1) is 12.7 Å². The van der Waals surface area contributed by atoms with E-state index in [1.54, 1.807) is 0 Å². The lowest BCUT2D eigenvalue weighted by atomic mass is 10.0. The number of aryl methyl sites for hydroxylation is 2. The van der Waals surface area contributed by atoms with Crippen LogP contribution in [0.4, 0.5) is 8.78 Å². The summed E-state index contributed by atoms with van der Waals surface area (Å²) in [6.07, 6.45) is -2.44. The number of halogens is 2. The molecule has 2 rings (SSSR count). The Morgan fingerprint density at radius 3 is 2.61 bits per heavy atom. The number of hydrogen-bond donors (Lipinski definition) is 2. The van der Waals surface area contributed by atoms with Crippen LogP contribution in [-0.2, 0) is 16.0 Å². The Morgan fingerprint density at radius 2 is 2.00 bits per heavy atom. The maximum atomic E-state index is 12.3. The van der Waals surface area contributed by atoms with E-state index in [0.717, 1.165) is 16.5 Å². The standard InChI is InChI=1S/C16H17F2NO4/c1-8-3-4-11-10(7-23-15(11)9(8)2)5-14(20)19-12(16(21)22)6-13(17)18/h3-4,7,12-13H,5-6H2,1-2H3,(H,19,20)(H,21,22). The first-order chi connectivity index (χ1) is 10.8. The largest absolute Gasteiger partial charge is 0.480 e. The highest BCUT2D eigenvalue weighted by Gasteiger charge is 2.24. The molecule has 1 atom stereocenters. The Balaban J connectivity index is 2.14. The maximum absolute atomic E-state index is 12.3. The molecule has 5 nitrogen and oxygen atoms in total. The summed E-state index contributed by atoms with van der Waals surface area (Å²) in [7, 11) is 0. The highest BCUT2D eigenvalue weighted by molar-refractivity contribution is 5.91. The van der Waals surface area contributed by atoms with Crippen LogP contribution in [0.15, 0.2) is 22.8 Å². The van der Waals surface area contributed by atoms with Gasteiger partial charge in [0.1, 0.15) is 11.6 Å². The van der Waals surface area contributed by atoms with Gasteiger partial charge in [-0.3, -0.25) is 4.79 Å². The Hall–Kier alpha value is -2.44. The van der Waals surface area contributed by atoms with Crippen LogP contribution in [0, 0.1) is 13.8 Å². The molecule has 1 unspecified atom stereocenters. The van der Waals surface area contributed by atoms with Crippen LogP contribution in [0.2, 0.25) is 0 Å². The van der Waals surface area contributed by atoms with Crippen LogP contribution in [0.3, 0.4) is 0 Å². The molecule has 0 bridgehead atoms. The highest BCUT2D eigenvalue weighted by atomic mass is 19.3. The number of hydrogen-bond acceptors (Lipinski definition) is 3. The molecular formula is C16H17F2NO4. The van der Waals surface area contributed by atoms with Crippen LogP contribution >= 0.6 is 0 Å². The number of aliphatic carboxylic acids is 1. The topological polar surface area (TPSA) is 79.5 Å². The average molecular weight is 325 g/mol. The number of alkyl halides is 2. The summed E-state index contributed by atoms with van der Waals surface area (Å²) in [5, 5.41) is 11.7. The van der Waals surface area contributed by atoms with Gasteiger partial charge in [-0.1, -0.05) is 12.1 Å². The number of fused-ring (bicyclic) bond motifs is 1. The van der Waals surface area contributed by atoms with Crippen molar-refractivity contribution in [3.05, 3.63) is 35.1 Å². The van der Waals surface area contributed by atoms with Gasteiger partial charge in [-0.25, -0.2) is 13.6 Å². The minimum atomic E-state index is -2.81. The number of nitrogens with one attached hydrogen (secondary N) is 1. The second-order valence-corrected chi connectivity index (χ2v) is 5.41. The van der Waals surface area contributed by atoms with Crippen molar-refractivity contribution < 1.29 is 27.9 Å². The Kier molecular flexibility index (Phi) is 4.98. The van der Waals surface area contributed by atoms with E-state index in [-0.39, 0.29) is 6.42 Å². The lowest BCUT2D eigenvalue weighted by molar-refractivity contribution is -0.142. The number of carboxylic acid groups (broad SMARTS) is 1. The molecule has 0 saturated heterocycles. The van der Waals surface area contributed by atoms with Crippen molar-refractivity contribution >= 4 is 22.8 Å². The maximum Gasteiger partial charge on any atom is 0.326 e. The zero-order valence-electron chi connectivity index (χ0n) is 12.7. The van der Waals surface area contributed by atoms with E-state index in [0.29, 0.717) is 11.1 Å². The lowest BCUT2D eigenvalue weighted by Gasteiger charge is -2.13. The molecule has 0 spiro atoms. The first-order valence-electron chi connectivity index (χ1n) is 7.06. The van der Waals surface area contributed by atoms with Crippen molar-refractivity contribution in [2.45, 2.75) is 39.2 Å². The number of carbonyl (C=O) groups is 2. The number of amides is 1. The molecule has 0 saturated carbocycles. The molecule has 1 aromatic carbocycles. The number of rotatable bonds is 6. The van der Waals surface area contributed by atoms with E-state index < -0.39 is 30.8 Å². The quantitative estimate of drug-likeness (QED) is 0.856. The summed E-state index contributed by atoms with van der Waals surface area (Å²) in [6.45, 7) is 3.83. The van der Waals surface area contributed by atoms with Gasteiger partial charge in [0, 0.05) is 17.4 Å². The Bertz CT molecular complexity index is 739. The molecule has 2 N–H and O–H groups in total. The molecule has 23 heavy (non-hydrogen) atoms. The van der Waals surface area contributed by atoms with E-state index in [4.69, 9.17) is 9.52 Å². The molecule has 1 heterocycles. The van der Waals surface area contributed by atoms with Crippen molar-refractivity contribution in [3.63, 3.8) is 0 Å². The van der Waals surface area contributed by atoms with Gasteiger partial charge in [-0.05, 0) is 25.0 Å². The second kappa shape index (κ2) is 6.76. The fourth-order valence-electron chi connectivity index (χ4n) is 2.34. The number of benzene rings is 1. The Morgan fingerprint density at radius 1 is 1.30 bits per heavy atom. The fraction of sp³-hybridized carbons (Fsp3) is 0.375. The molecule has 0 fully saturated rings. The van der Waals surface area contributed by atoms with Crippen LogP contribution in [0.5, 0.6) is 0 Å². The molecule has 124 valence electrons. The van der Waals surface area contributed by atoms with E-state index in [2.05, 4.69) is 5.32 Å². The van der Waals surface area contributed by atoms with Gasteiger partial charge in [-0.2, -0.15) is 0 Å². The second-order valence-electron chi connectivity index (χ2n) is 5.41. The first-order valence-corrected chi connectivity index (χ1v) is 7.06. The van der Waals surface area contributed by atoms with E-state index in [1.165, 1.54) is 6.26 Å². The monoisotopic (exact) mass is 325 g/mol. The van der Waals surface area contributed by atoms with Gasteiger partial charge in [0.15, 0.2) is 0 Å². The third-order valence-electron chi connectivity index (χ3n) is 3.74. The lowest BCUT2D eigenvalue weighted by Crippen LogP contribution is -2.42. The summed E-state index contributed by atoms with van der Waals surface area (Å²) < 4.78 is 30.1. The van der Waals surface area contributed by atoms with E-state index in [1.807, 2.05) is 26.0 Å². The predicted molar refractivity (Wildman–Crippen MR) is 79.6 cm³/mol. The summed E-state index contributed by atoms with van der Waals surface area (Å²) >= 11 is 0. The molecular weight excluding hydrogens is 308 g/mol. The zero-order valence-corrected chi connectivity index (χ0v) is 12.7. The highest BCUT2D eigenvalue weighted by Crippen LogP contribution is 2.26. The molecule has 0 aliphatic carbocycles. The van der Waals surface area contributed by atoms with Gasteiger partial charge >= 0.3 is 5.97 Å². The van der Waals surface area contributed by atoms with Crippen molar-refractivity contribution in [2.24, 2.45) is 0 Å². The van der Waals surface area contributed by atoms with Gasteiger partial charge in [-0.15, -0.1) is 0 Å². The van der Waals surface area contributed by atoms with E-state index in [9.17, 15) is 18.4 Å². The summed E-state index contributed by atoms with van der Waals surface area (Å²) in [5.41, 5.74) is 3.25. The van der Waals surface area contributed by atoms with Crippen molar-refractivity contribution in [2.75, 3.05) is 0 Å². The summed E-state index contributed by atoms with van der Waals surface area (Å²) in [5.74, 6) is -2.12. The van der Waals surface area contributed by atoms with Crippen molar-refractivity contribution in [1.29, 1.82) is 0 Å². The van der Waals surface area contributed by atoms with Crippen LogP contribution in [-0.4, -0.2) is 29.5 Å². The number of carboxylic acids is 1.